The second-order valence-corrected chi connectivity index (χ2v) is 4.34. The standard InChI is InChI=1S/C6H14O2.C3H7BO2/c1-5(2,7)6(3,4)8;1-3(2)4(5)6/h7-8H,1-4H3;5-6H,1H2,2H3. The maximum Gasteiger partial charge on any atom is 0.483 e. The van der Waals surface area contributed by atoms with Gasteiger partial charge in [-0.15, -0.1) is 6.58 Å². The van der Waals surface area contributed by atoms with Crippen LogP contribution in [0.15, 0.2) is 12.1 Å². The lowest BCUT2D eigenvalue weighted by Crippen LogP contribution is -2.44. The Morgan fingerprint density at radius 1 is 1.00 bits per heavy atom. The second kappa shape index (κ2) is 5.51. The number of rotatable bonds is 2. The van der Waals surface area contributed by atoms with Crippen LogP contribution in [0, 0.1) is 0 Å². The molecule has 0 saturated carbocycles. The highest BCUT2D eigenvalue weighted by Gasteiger charge is 2.31. The Hall–Kier alpha value is -0.355. The molecule has 0 aromatic rings. The third-order valence-electron chi connectivity index (χ3n) is 1.94. The van der Waals surface area contributed by atoms with Crippen molar-refractivity contribution in [2.24, 2.45) is 0 Å². The van der Waals surface area contributed by atoms with Crippen LogP contribution in [0.3, 0.4) is 0 Å². The van der Waals surface area contributed by atoms with E-state index in [9.17, 15) is 0 Å². The largest absolute Gasteiger partial charge is 0.483 e. The summed E-state index contributed by atoms with van der Waals surface area (Å²) < 4.78 is 0. The smallest absolute Gasteiger partial charge is 0.423 e. The van der Waals surface area contributed by atoms with Crippen molar-refractivity contribution < 1.29 is 20.3 Å². The fourth-order valence-corrected chi connectivity index (χ4v) is 0. The summed E-state index contributed by atoms with van der Waals surface area (Å²) >= 11 is 0. The molecule has 0 unspecified atom stereocenters. The first-order valence-corrected chi connectivity index (χ1v) is 4.36. The molecule has 0 aliphatic rings. The van der Waals surface area contributed by atoms with Crippen LogP contribution in [0.2, 0.25) is 0 Å². The lowest BCUT2D eigenvalue weighted by molar-refractivity contribution is -0.107. The van der Waals surface area contributed by atoms with E-state index in [1.54, 1.807) is 34.6 Å². The second-order valence-electron chi connectivity index (χ2n) is 4.34. The monoisotopic (exact) mass is 204 g/mol. The lowest BCUT2D eigenvalue weighted by atomic mass is 9.82. The molecule has 84 valence electrons. The van der Waals surface area contributed by atoms with Crippen LogP contribution in [0.5, 0.6) is 0 Å². The number of allylic oxidation sites excluding steroid dienone is 1. The van der Waals surface area contributed by atoms with Crippen molar-refractivity contribution >= 4 is 7.12 Å². The van der Waals surface area contributed by atoms with Crippen molar-refractivity contribution in [3.8, 4) is 0 Å². The molecule has 0 rings (SSSR count). The zero-order chi connectivity index (χ0) is 12.2. The van der Waals surface area contributed by atoms with E-state index in [1.807, 2.05) is 0 Å². The first-order chi connectivity index (χ1) is 5.89. The van der Waals surface area contributed by atoms with Crippen LogP contribution in [-0.4, -0.2) is 38.6 Å². The van der Waals surface area contributed by atoms with Gasteiger partial charge in [0, 0.05) is 0 Å². The van der Waals surface area contributed by atoms with Crippen LogP contribution < -0.4 is 0 Å². The van der Waals surface area contributed by atoms with Crippen LogP contribution in [0.25, 0.3) is 0 Å². The van der Waals surface area contributed by atoms with Crippen molar-refractivity contribution in [1.82, 2.24) is 0 Å². The molecule has 0 atom stereocenters. The number of hydrogen-bond donors (Lipinski definition) is 4. The van der Waals surface area contributed by atoms with Crippen molar-refractivity contribution in [3.63, 3.8) is 0 Å². The molecule has 4 nitrogen and oxygen atoms in total. The van der Waals surface area contributed by atoms with Gasteiger partial charge in [-0.3, -0.25) is 0 Å². The van der Waals surface area contributed by atoms with E-state index in [1.165, 1.54) is 0 Å². The van der Waals surface area contributed by atoms with Gasteiger partial charge in [0.25, 0.3) is 0 Å². The summed E-state index contributed by atoms with van der Waals surface area (Å²) in [5.74, 6) is 0. The van der Waals surface area contributed by atoms with Crippen LogP contribution in [0.1, 0.15) is 34.6 Å². The van der Waals surface area contributed by atoms with Crippen molar-refractivity contribution in [2.75, 3.05) is 0 Å². The topological polar surface area (TPSA) is 80.9 Å². The fraction of sp³-hybridized carbons (Fsp3) is 0.778. The van der Waals surface area contributed by atoms with Gasteiger partial charge in [0.1, 0.15) is 0 Å². The van der Waals surface area contributed by atoms with Gasteiger partial charge in [-0.1, -0.05) is 5.47 Å². The quantitative estimate of drug-likeness (QED) is 0.481. The van der Waals surface area contributed by atoms with E-state index in [0.29, 0.717) is 5.47 Å². The van der Waals surface area contributed by atoms with E-state index in [2.05, 4.69) is 6.58 Å². The minimum atomic E-state index is -1.34. The van der Waals surface area contributed by atoms with Gasteiger partial charge in [-0.25, -0.2) is 0 Å². The summed E-state index contributed by atoms with van der Waals surface area (Å²) in [4.78, 5) is 0. The molecule has 5 heteroatoms. The van der Waals surface area contributed by atoms with E-state index in [-0.39, 0.29) is 0 Å². The average Bonchev–Trinajstić information content (AvgIpc) is 1.83. The van der Waals surface area contributed by atoms with E-state index in [4.69, 9.17) is 20.3 Å². The summed E-state index contributed by atoms with van der Waals surface area (Å²) in [6.07, 6.45) is 0. The molecule has 0 saturated heterocycles. The molecule has 0 aliphatic carbocycles. The van der Waals surface area contributed by atoms with Crippen molar-refractivity contribution in [1.29, 1.82) is 0 Å². The Balaban J connectivity index is 0. The summed E-state index contributed by atoms with van der Waals surface area (Å²) in [7, 11) is -1.34. The third kappa shape index (κ3) is 8.25. The Kier molecular flexibility index (Phi) is 6.33. The molecular formula is C9H21BO4. The summed E-state index contributed by atoms with van der Waals surface area (Å²) in [5, 5.41) is 34.4. The van der Waals surface area contributed by atoms with Gasteiger partial charge in [-0.05, 0) is 34.6 Å². The average molecular weight is 204 g/mol. The number of aliphatic hydroxyl groups is 2. The van der Waals surface area contributed by atoms with Gasteiger partial charge < -0.3 is 20.3 Å². The van der Waals surface area contributed by atoms with Gasteiger partial charge in [0.2, 0.25) is 0 Å². The molecule has 0 heterocycles. The van der Waals surface area contributed by atoms with E-state index in [0.717, 1.165) is 0 Å². The molecule has 0 spiro atoms. The molecule has 0 aromatic heterocycles. The molecule has 0 aliphatic heterocycles. The van der Waals surface area contributed by atoms with Crippen molar-refractivity contribution in [3.05, 3.63) is 12.1 Å². The summed E-state index contributed by atoms with van der Waals surface area (Å²) in [5.41, 5.74) is -1.64. The maximum absolute atomic E-state index is 9.10. The molecule has 0 radical (unpaired) electrons. The molecule has 0 bridgehead atoms. The Morgan fingerprint density at radius 3 is 1.14 bits per heavy atom. The molecule has 4 N–H and O–H groups in total. The van der Waals surface area contributed by atoms with Gasteiger partial charge >= 0.3 is 7.12 Å². The molecular weight excluding hydrogens is 183 g/mol. The zero-order valence-electron chi connectivity index (χ0n) is 9.57. The first-order valence-electron chi connectivity index (χ1n) is 4.36. The Bertz CT molecular complexity index is 164. The normalized spacial score (nSPS) is 11.5. The van der Waals surface area contributed by atoms with Gasteiger partial charge in [0.15, 0.2) is 0 Å². The zero-order valence-corrected chi connectivity index (χ0v) is 9.57. The number of hydrogen-bond acceptors (Lipinski definition) is 4. The Labute approximate surface area is 86.0 Å². The van der Waals surface area contributed by atoms with Crippen molar-refractivity contribution in [2.45, 2.75) is 45.8 Å². The highest BCUT2D eigenvalue weighted by Crippen LogP contribution is 2.19. The van der Waals surface area contributed by atoms with Crippen LogP contribution in [-0.2, 0) is 0 Å². The molecule has 14 heavy (non-hydrogen) atoms. The SMILES string of the molecule is C=C(C)B(O)O.CC(C)(O)C(C)(C)O. The van der Waals surface area contributed by atoms with Gasteiger partial charge in [0.05, 0.1) is 11.2 Å². The summed E-state index contributed by atoms with van der Waals surface area (Å²) in [6.45, 7) is 11.1. The van der Waals surface area contributed by atoms with E-state index < -0.39 is 18.3 Å². The van der Waals surface area contributed by atoms with Crippen LogP contribution >= 0.6 is 0 Å². The third-order valence-corrected chi connectivity index (χ3v) is 1.94. The summed E-state index contributed by atoms with van der Waals surface area (Å²) in [6, 6.07) is 0. The minimum Gasteiger partial charge on any atom is -0.423 e. The fourth-order valence-electron chi connectivity index (χ4n) is 0. The van der Waals surface area contributed by atoms with Crippen LogP contribution in [0.4, 0.5) is 0 Å². The molecule has 0 aromatic carbocycles. The molecule has 0 fully saturated rings. The predicted molar refractivity (Wildman–Crippen MR) is 57.6 cm³/mol. The van der Waals surface area contributed by atoms with E-state index >= 15 is 0 Å². The lowest BCUT2D eigenvalue weighted by Gasteiger charge is -2.31. The minimum absolute atomic E-state index is 0.370. The predicted octanol–water partition coefficient (Wildman–Crippen LogP) is 0.103. The molecule has 0 amide bonds. The first kappa shape index (κ1) is 16.1. The maximum atomic E-state index is 9.10. The Morgan fingerprint density at radius 2 is 1.14 bits per heavy atom. The highest BCUT2D eigenvalue weighted by molar-refractivity contribution is 6.50. The van der Waals surface area contributed by atoms with Gasteiger partial charge in [-0.2, -0.15) is 0 Å². The highest BCUT2D eigenvalue weighted by atomic mass is 16.4.